The monoisotopic (exact) mass is 290 g/mol. The van der Waals surface area contributed by atoms with Crippen molar-refractivity contribution in [2.24, 2.45) is 5.84 Å². The minimum atomic E-state index is -0.0788. The van der Waals surface area contributed by atoms with Gasteiger partial charge in [0.2, 0.25) is 0 Å². The van der Waals surface area contributed by atoms with Gasteiger partial charge in [0.25, 0.3) is 5.91 Å². The highest BCUT2D eigenvalue weighted by Crippen LogP contribution is 2.15. The van der Waals surface area contributed by atoms with E-state index in [-0.39, 0.29) is 5.91 Å². The van der Waals surface area contributed by atoms with Gasteiger partial charge in [0.1, 0.15) is 0 Å². The van der Waals surface area contributed by atoms with Gasteiger partial charge in [-0.2, -0.15) is 0 Å². The average Bonchev–Trinajstić information content (AvgIpc) is 2.84. The number of carbonyl (C=O) groups excluding carboxylic acids is 1. The number of hydrogen-bond acceptors (Lipinski definition) is 5. The van der Waals surface area contributed by atoms with Gasteiger partial charge in [0, 0.05) is 29.6 Å². The molecular formula is C14H18N4OS. The van der Waals surface area contributed by atoms with Crippen molar-refractivity contribution in [2.45, 2.75) is 20.3 Å². The highest BCUT2D eigenvalue weighted by atomic mass is 32.1. The third kappa shape index (κ3) is 3.55. The van der Waals surface area contributed by atoms with Gasteiger partial charge < -0.3 is 10.7 Å². The largest absolute Gasteiger partial charge is 0.352 e. The van der Waals surface area contributed by atoms with Crippen LogP contribution >= 0.6 is 11.3 Å². The molecule has 2 rings (SSSR count). The topological polar surface area (TPSA) is 80.0 Å². The molecule has 0 spiro atoms. The number of rotatable bonds is 5. The van der Waals surface area contributed by atoms with Crippen molar-refractivity contribution in [3.8, 4) is 0 Å². The minimum Gasteiger partial charge on any atom is -0.352 e. The molecule has 0 radical (unpaired) electrons. The summed E-state index contributed by atoms with van der Waals surface area (Å²) in [6.07, 6.45) is 0.756. The van der Waals surface area contributed by atoms with Crippen LogP contribution in [-0.4, -0.2) is 17.4 Å². The quantitative estimate of drug-likeness (QED) is 0.581. The van der Waals surface area contributed by atoms with Crippen LogP contribution in [0.5, 0.6) is 0 Å². The number of hydrogen-bond donors (Lipinski definition) is 3. The Morgan fingerprint density at radius 1 is 1.40 bits per heavy atom. The maximum absolute atomic E-state index is 12.0. The van der Waals surface area contributed by atoms with E-state index in [1.807, 2.05) is 25.3 Å². The van der Waals surface area contributed by atoms with Crippen molar-refractivity contribution in [1.29, 1.82) is 0 Å². The first kappa shape index (κ1) is 14.5. The molecule has 0 unspecified atom stereocenters. The predicted molar refractivity (Wildman–Crippen MR) is 81.9 cm³/mol. The van der Waals surface area contributed by atoms with Gasteiger partial charge in [-0.05, 0) is 37.6 Å². The molecule has 1 heterocycles. The molecule has 0 aliphatic heterocycles. The van der Waals surface area contributed by atoms with Crippen LogP contribution in [0.15, 0.2) is 23.6 Å². The van der Waals surface area contributed by atoms with Crippen molar-refractivity contribution in [3.63, 3.8) is 0 Å². The number of thiazole rings is 1. The Bertz CT molecular complexity index is 609. The van der Waals surface area contributed by atoms with Crippen molar-refractivity contribution >= 4 is 22.9 Å². The van der Waals surface area contributed by atoms with Gasteiger partial charge in [-0.25, -0.2) is 4.98 Å². The number of amides is 1. The number of aryl methyl sites for hydroxylation is 2. The zero-order valence-electron chi connectivity index (χ0n) is 11.6. The normalized spacial score (nSPS) is 10.3. The van der Waals surface area contributed by atoms with E-state index in [0.717, 1.165) is 28.4 Å². The molecule has 0 aliphatic carbocycles. The number of benzene rings is 1. The van der Waals surface area contributed by atoms with Crippen molar-refractivity contribution in [3.05, 3.63) is 45.4 Å². The average molecular weight is 290 g/mol. The standard InChI is InChI=1S/C14H18N4OS/c1-9-7-11(3-4-12(9)18-15)14(19)16-6-5-13-17-10(2)8-20-13/h3-4,7-8,18H,5-6,15H2,1-2H3,(H,16,19). The summed E-state index contributed by atoms with van der Waals surface area (Å²) in [5.41, 5.74) is 6.01. The molecule has 106 valence electrons. The van der Waals surface area contributed by atoms with Gasteiger partial charge in [-0.1, -0.05) is 0 Å². The Labute approximate surface area is 122 Å². The lowest BCUT2D eigenvalue weighted by Crippen LogP contribution is -2.25. The first-order valence-electron chi connectivity index (χ1n) is 6.36. The Morgan fingerprint density at radius 3 is 2.80 bits per heavy atom. The lowest BCUT2D eigenvalue weighted by atomic mass is 10.1. The number of hydrazine groups is 1. The summed E-state index contributed by atoms with van der Waals surface area (Å²) >= 11 is 1.62. The van der Waals surface area contributed by atoms with Crippen molar-refractivity contribution < 1.29 is 4.79 Å². The molecule has 1 amide bonds. The van der Waals surface area contributed by atoms with Gasteiger partial charge in [0.15, 0.2) is 0 Å². The van der Waals surface area contributed by atoms with Crippen LogP contribution in [0.3, 0.4) is 0 Å². The number of nitrogen functional groups attached to an aromatic ring is 1. The second-order valence-electron chi connectivity index (χ2n) is 4.56. The molecule has 1 aromatic carbocycles. The summed E-state index contributed by atoms with van der Waals surface area (Å²) in [6, 6.07) is 5.37. The number of aromatic nitrogens is 1. The molecule has 0 fully saturated rings. The highest BCUT2D eigenvalue weighted by Gasteiger charge is 2.07. The second-order valence-corrected chi connectivity index (χ2v) is 5.51. The van der Waals surface area contributed by atoms with E-state index >= 15 is 0 Å². The lowest BCUT2D eigenvalue weighted by molar-refractivity contribution is 0.0954. The zero-order valence-corrected chi connectivity index (χ0v) is 12.4. The SMILES string of the molecule is Cc1csc(CCNC(=O)c2ccc(NN)c(C)c2)n1. The predicted octanol–water partition coefficient (Wildman–Crippen LogP) is 2.02. The van der Waals surface area contributed by atoms with Gasteiger partial charge >= 0.3 is 0 Å². The van der Waals surface area contributed by atoms with Crippen LogP contribution in [0.1, 0.15) is 26.6 Å². The Morgan fingerprint density at radius 2 is 2.20 bits per heavy atom. The molecule has 6 heteroatoms. The molecule has 20 heavy (non-hydrogen) atoms. The first-order chi connectivity index (χ1) is 9.60. The van der Waals surface area contributed by atoms with E-state index < -0.39 is 0 Å². The summed E-state index contributed by atoms with van der Waals surface area (Å²) in [7, 11) is 0. The number of nitrogens with one attached hydrogen (secondary N) is 2. The van der Waals surface area contributed by atoms with Crippen LogP contribution in [0.2, 0.25) is 0 Å². The van der Waals surface area contributed by atoms with E-state index in [0.29, 0.717) is 12.1 Å². The molecular weight excluding hydrogens is 272 g/mol. The van der Waals surface area contributed by atoms with Gasteiger partial charge in [-0.3, -0.25) is 10.6 Å². The fourth-order valence-electron chi connectivity index (χ4n) is 1.87. The molecule has 2 aromatic rings. The fourth-order valence-corrected chi connectivity index (χ4v) is 2.65. The summed E-state index contributed by atoms with van der Waals surface area (Å²) in [6.45, 7) is 4.46. The first-order valence-corrected chi connectivity index (χ1v) is 7.24. The van der Waals surface area contributed by atoms with Crippen LogP contribution < -0.4 is 16.6 Å². The smallest absolute Gasteiger partial charge is 0.251 e. The van der Waals surface area contributed by atoms with Gasteiger partial charge in [0.05, 0.1) is 10.7 Å². The lowest BCUT2D eigenvalue weighted by Gasteiger charge is -2.08. The summed E-state index contributed by atoms with van der Waals surface area (Å²) in [5.74, 6) is 5.29. The Hall–Kier alpha value is -1.92. The van der Waals surface area contributed by atoms with Crippen molar-refractivity contribution in [1.82, 2.24) is 10.3 Å². The van der Waals surface area contributed by atoms with E-state index in [4.69, 9.17) is 5.84 Å². The molecule has 4 N–H and O–H groups in total. The van der Waals surface area contributed by atoms with Crippen LogP contribution in [0, 0.1) is 13.8 Å². The Kier molecular flexibility index (Phi) is 4.70. The molecule has 0 bridgehead atoms. The van der Waals surface area contributed by atoms with E-state index in [2.05, 4.69) is 15.7 Å². The number of carbonyl (C=O) groups is 1. The molecule has 0 saturated heterocycles. The molecule has 5 nitrogen and oxygen atoms in total. The van der Waals surface area contributed by atoms with E-state index in [9.17, 15) is 4.79 Å². The molecule has 0 saturated carbocycles. The number of nitrogens with two attached hydrogens (primary N) is 1. The third-order valence-electron chi connectivity index (χ3n) is 2.94. The summed E-state index contributed by atoms with van der Waals surface area (Å²) < 4.78 is 0. The second kappa shape index (κ2) is 6.49. The number of nitrogens with zero attached hydrogens (tertiary/aromatic N) is 1. The van der Waals surface area contributed by atoms with Gasteiger partial charge in [-0.15, -0.1) is 11.3 Å². The maximum Gasteiger partial charge on any atom is 0.251 e. The minimum absolute atomic E-state index is 0.0788. The fraction of sp³-hybridized carbons (Fsp3) is 0.286. The maximum atomic E-state index is 12.0. The van der Waals surface area contributed by atoms with E-state index in [1.54, 1.807) is 23.5 Å². The summed E-state index contributed by atoms with van der Waals surface area (Å²) in [5, 5.41) is 5.95. The van der Waals surface area contributed by atoms with E-state index in [1.165, 1.54) is 0 Å². The van der Waals surface area contributed by atoms with Crippen LogP contribution in [0.25, 0.3) is 0 Å². The molecule has 0 atom stereocenters. The number of anilines is 1. The summed E-state index contributed by atoms with van der Waals surface area (Å²) in [4.78, 5) is 16.4. The van der Waals surface area contributed by atoms with Crippen molar-refractivity contribution in [2.75, 3.05) is 12.0 Å². The molecule has 0 aliphatic rings. The Balaban J connectivity index is 1.90. The molecule has 1 aromatic heterocycles. The highest BCUT2D eigenvalue weighted by molar-refractivity contribution is 7.09. The zero-order chi connectivity index (χ0) is 14.5. The van der Waals surface area contributed by atoms with Crippen LogP contribution in [-0.2, 0) is 6.42 Å². The third-order valence-corrected chi connectivity index (χ3v) is 3.96. The van der Waals surface area contributed by atoms with Crippen LogP contribution in [0.4, 0.5) is 5.69 Å².